The van der Waals surface area contributed by atoms with Crippen LogP contribution in [0.25, 0.3) is 0 Å². The lowest BCUT2D eigenvalue weighted by Gasteiger charge is -2.25. The summed E-state index contributed by atoms with van der Waals surface area (Å²) in [6, 6.07) is 0. The molecule has 1 aliphatic rings. The highest BCUT2D eigenvalue weighted by atomic mass is 16.4. The molecule has 1 rings (SSSR count). The van der Waals surface area contributed by atoms with E-state index in [1.54, 1.807) is 11.9 Å². The Balaban J connectivity index is 2.70. The van der Waals surface area contributed by atoms with Gasteiger partial charge < -0.3 is 10.0 Å². The van der Waals surface area contributed by atoms with E-state index in [4.69, 9.17) is 0 Å². The molecule has 4 nitrogen and oxygen atoms in total. The molecule has 0 radical (unpaired) electrons. The second-order valence-corrected chi connectivity index (χ2v) is 6.03. The largest absolute Gasteiger partial charge is 0.481 e. The number of hydrogen-bond donors (Lipinski definition) is 1. The Morgan fingerprint density at radius 2 is 1.84 bits per heavy atom. The minimum absolute atomic E-state index is 0.0173. The Kier molecular flexibility index (Phi) is 5.83. The molecule has 110 valence electrons. The van der Waals surface area contributed by atoms with E-state index in [0.717, 1.165) is 25.8 Å². The van der Waals surface area contributed by atoms with Gasteiger partial charge in [0.25, 0.3) is 0 Å². The van der Waals surface area contributed by atoms with Crippen LogP contribution in [-0.2, 0) is 9.59 Å². The van der Waals surface area contributed by atoms with Crippen LogP contribution in [0, 0.1) is 23.7 Å². The van der Waals surface area contributed by atoms with Crippen molar-refractivity contribution in [3.63, 3.8) is 0 Å². The fourth-order valence-corrected chi connectivity index (χ4v) is 2.99. The molecular weight excluding hydrogens is 242 g/mol. The van der Waals surface area contributed by atoms with Gasteiger partial charge in [0.1, 0.15) is 0 Å². The summed E-state index contributed by atoms with van der Waals surface area (Å²) in [6.07, 6.45) is 3.38. The van der Waals surface area contributed by atoms with Crippen molar-refractivity contribution in [3.05, 3.63) is 0 Å². The zero-order valence-electron chi connectivity index (χ0n) is 12.6. The summed E-state index contributed by atoms with van der Waals surface area (Å²) >= 11 is 0. The van der Waals surface area contributed by atoms with Crippen LogP contribution in [0.15, 0.2) is 0 Å². The van der Waals surface area contributed by atoms with Crippen molar-refractivity contribution in [1.29, 1.82) is 0 Å². The van der Waals surface area contributed by atoms with E-state index in [-0.39, 0.29) is 11.8 Å². The van der Waals surface area contributed by atoms with Crippen molar-refractivity contribution in [3.8, 4) is 0 Å². The summed E-state index contributed by atoms with van der Waals surface area (Å²) in [5, 5.41) is 9.28. The fourth-order valence-electron chi connectivity index (χ4n) is 2.99. The minimum atomic E-state index is -0.814. The molecule has 4 unspecified atom stereocenters. The van der Waals surface area contributed by atoms with Crippen molar-refractivity contribution in [1.82, 2.24) is 4.90 Å². The number of carbonyl (C=O) groups is 2. The zero-order valence-corrected chi connectivity index (χ0v) is 12.6. The Labute approximate surface area is 116 Å². The quantitative estimate of drug-likeness (QED) is 0.806. The first kappa shape index (κ1) is 16.0. The maximum absolute atomic E-state index is 12.4. The van der Waals surface area contributed by atoms with Gasteiger partial charge in [0.2, 0.25) is 5.91 Å². The zero-order chi connectivity index (χ0) is 14.6. The third kappa shape index (κ3) is 3.95. The topological polar surface area (TPSA) is 57.6 Å². The molecule has 0 aliphatic heterocycles. The maximum Gasteiger partial charge on any atom is 0.307 e. The van der Waals surface area contributed by atoms with Crippen molar-refractivity contribution in [2.45, 2.75) is 46.5 Å². The highest BCUT2D eigenvalue weighted by Gasteiger charge is 2.43. The van der Waals surface area contributed by atoms with Crippen LogP contribution in [0.2, 0.25) is 0 Å². The Morgan fingerprint density at radius 3 is 2.32 bits per heavy atom. The van der Waals surface area contributed by atoms with Gasteiger partial charge in [-0.2, -0.15) is 0 Å². The summed E-state index contributed by atoms with van der Waals surface area (Å²) in [5.74, 6) is -0.768. The first-order valence-corrected chi connectivity index (χ1v) is 7.38. The molecular formula is C15H27NO3. The van der Waals surface area contributed by atoms with Crippen LogP contribution in [0.3, 0.4) is 0 Å². The first-order valence-electron chi connectivity index (χ1n) is 7.38. The summed E-state index contributed by atoms with van der Waals surface area (Å²) in [4.78, 5) is 25.5. The lowest BCUT2D eigenvalue weighted by molar-refractivity contribution is -0.148. The molecule has 0 aromatic carbocycles. The van der Waals surface area contributed by atoms with Gasteiger partial charge in [0, 0.05) is 13.6 Å². The van der Waals surface area contributed by atoms with Gasteiger partial charge in [-0.05, 0) is 24.7 Å². The predicted octanol–water partition coefficient (Wildman–Crippen LogP) is 2.63. The average Bonchev–Trinajstić information content (AvgIpc) is 2.81. The van der Waals surface area contributed by atoms with E-state index in [1.165, 1.54) is 0 Å². The number of hydrogen-bond acceptors (Lipinski definition) is 2. The molecule has 0 heterocycles. The monoisotopic (exact) mass is 269 g/mol. The molecule has 0 saturated heterocycles. The van der Waals surface area contributed by atoms with Gasteiger partial charge in [0.15, 0.2) is 0 Å². The van der Waals surface area contributed by atoms with E-state index < -0.39 is 11.9 Å². The Hall–Kier alpha value is -1.06. The number of carbonyl (C=O) groups excluding carboxylic acids is 1. The van der Waals surface area contributed by atoms with Crippen LogP contribution in [-0.4, -0.2) is 35.5 Å². The summed E-state index contributed by atoms with van der Waals surface area (Å²) in [6.45, 7) is 7.00. The molecule has 0 spiro atoms. The molecule has 1 N–H and O–H groups in total. The molecule has 0 bridgehead atoms. The molecule has 1 aliphatic carbocycles. The van der Waals surface area contributed by atoms with Crippen LogP contribution in [0.5, 0.6) is 0 Å². The molecule has 0 aromatic heterocycles. The molecule has 19 heavy (non-hydrogen) atoms. The summed E-state index contributed by atoms with van der Waals surface area (Å²) in [7, 11) is 1.80. The second-order valence-electron chi connectivity index (χ2n) is 6.03. The molecule has 1 amide bonds. The molecule has 0 aromatic rings. The van der Waals surface area contributed by atoms with E-state index in [1.807, 2.05) is 0 Å². The normalized spacial score (nSPS) is 28.1. The second kappa shape index (κ2) is 6.92. The molecule has 4 heteroatoms. The van der Waals surface area contributed by atoms with Crippen LogP contribution >= 0.6 is 0 Å². The fraction of sp³-hybridized carbons (Fsp3) is 0.867. The highest BCUT2D eigenvalue weighted by molar-refractivity contribution is 5.85. The lowest BCUT2D eigenvalue weighted by atomic mass is 9.94. The SMILES string of the molecule is CCC(C)CN(C)C(=O)C1CC(CC)CC1C(=O)O. The number of amides is 1. The van der Waals surface area contributed by atoms with E-state index in [2.05, 4.69) is 20.8 Å². The lowest BCUT2D eigenvalue weighted by Crippen LogP contribution is -2.38. The number of nitrogens with zero attached hydrogens (tertiary/aromatic N) is 1. The Bertz CT molecular complexity index is 329. The van der Waals surface area contributed by atoms with E-state index in [9.17, 15) is 14.7 Å². The van der Waals surface area contributed by atoms with Crippen LogP contribution in [0.1, 0.15) is 46.5 Å². The van der Waals surface area contributed by atoms with Gasteiger partial charge >= 0.3 is 5.97 Å². The number of carboxylic acid groups (broad SMARTS) is 1. The van der Waals surface area contributed by atoms with E-state index >= 15 is 0 Å². The predicted molar refractivity (Wildman–Crippen MR) is 74.7 cm³/mol. The van der Waals surface area contributed by atoms with Gasteiger partial charge in [-0.15, -0.1) is 0 Å². The van der Waals surface area contributed by atoms with Crippen molar-refractivity contribution < 1.29 is 14.7 Å². The average molecular weight is 269 g/mol. The summed E-state index contributed by atoms with van der Waals surface area (Å²) < 4.78 is 0. The summed E-state index contributed by atoms with van der Waals surface area (Å²) in [5.41, 5.74) is 0. The van der Waals surface area contributed by atoms with Crippen molar-refractivity contribution in [2.24, 2.45) is 23.7 Å². The molecule has 1 saturated carbocycles. The number of carboxylic acids is 1. The smallest absolute Gasteiger partial charge is 0.307 e. The third-order valence-electron chi connectivity index (χ3n) is 4.53. The standard InChI is InChI=1S/C15H27NO3/c1-5-10(3)9-16(4)14(17)12-7-11(6-2)8-13(12)15(18)19/h10-13H,5-9H2,1-4H3,(H,18,19). The minimum Gasteiger partial charge on any atom is -0.481 e. The molecule has 1 fully saturated rings. The van der Waals surface area contributed by atoms with Gasteiger partial charge in [-0.25, -0.2) is 0 Å². The van der Waals surface area contributed by atoms with Gasteiger partial charge in [-0.1, -0.05) is 33.6 Å². The third-order valence-corrected chi connectivity index (χ3v) is 4.53. The first-order chi connectivity index (χ1) is 8.90. The number of rotatable bonds is 6. The van der Waals surface area contributed by atoms with Gasteiger partial charge in [-0.3, -0.25) is 9.59 Å². The molecule has 4 atom stereocenters. The number of aliphatic carboxylic acids is 1. The van der Waals surface area contributed by atoms with Crippen LogP contribution < -0.4 is 0 Å². The van der Waals surface area contributed by atoms with Gasteiger partial charge in [0.05, 0.1) is 11.8 Å². The van der Waals surface area contributed by atoms with Crippen LogP contribution in [0.4, 0.5) is 0 Å². The van der Waals surface area contributed by atoms with Crippen molar-refractivity contribution in [2.75, 3.05) is 13.6 Å². The Morgan fingerprint density at radius 1 is 1.26 bits per heavy atom. The van der Waals surface area contributed by atoms with E-state index in [0.29, 0.717) is 18.3 Å². The van der Waals surface area contributed by atoms with Crippen molar-refractivity contribution >= 4 is 11.9 Å². The highest BCUT2D eigenvalue weighted by Crippen LogP contribution is 2.39. The maximum atomic E-state index is 12.4.